The SMILES string of the molecule is O=C(C[NH+]1CCN(S(=O)(=O)c2ccccc2)CC1)NC1CC1. The second-order valence-electron chi connectivity index (χ2n) is 5.99. The lowest BCUT2D eigenvalue weighted by molar-refractivity contribution is -0.895. The minimum Gasteiger partial charge on any atom is -0.348 e. The number of quaternary nitrogens is 1. The van der Waals surface area contributed by atoms with Crippen molar-refractivity contribution >= 4 is 15.9 Å². The van der Waals surface area contributed by atoms with E-state index in [2.05, 4.69) is 5.32 Å². The van der Waals surface area contributed by atoms with E-state index >= 15 is 0 Å². The molecule has 3 rings (SSSR count). The lowest BCUT2D eigenvalue weighted by atomic mass is 10.3. The molecule has 120 valence electrons. The van der Waals surface area contributed by atoms with Gasteiger partial charge in [-0.05, 0) is 25.0 Å². The van der Waals surface area contributed by atoms with Gasteiger partial charge in [-0.15, -0.1) is 0 Å². The predicted octanol–water partition coefficient (Wildman–Crippen LogP) is -1.15. The van der Waals surface area contributed by atoms with Crippen LogP contribution in [0.15, 0.2) is 35.2 Å². The first-order chi connectivity index (χ1) is 10.6. The highest BCUT2D eigenvalue weighted by Gasteiger charge is 2.31. The molecule has 2 N–H and O–H groups in total. The van der Waals surface area contributed by atoms with Gasteiger partial charge in [-0.2, -0.15) is 4.31 Å². The van der Waals surface area contributed by atoms with E-state index in [1.54, 1.807) is 30.3 Å². The Bertz CT molecular complexity index is 621. The summed E-state index contributed by atoms with van der Waals surface area (Å²) in [6, 6.07) is 8.90. The van der Waals surface area contributed by atoms with Crippen molar-refractivity contribution in [2.75, 3.05) is 32.7 Å². The molecule has 1 aliphatic carbocycles. The average molecular weight is 324 g/mol. The zero-order valence-corrected chi connectivity index (χ0v) is 13.3. The number of rotatable bonds is 5. The van der Waals surface area contributed by atoms with Crippen LogP contribution in [0.1, 0.15) is 12.8 Å². The van der Waals surface area contributed by atoms with Crippen LogP contribution in [0.3, 0.4) is 0 Å². The molecule has 6 nitrogen and oxygen atoms in total. The Morgan fingerprint density at radius 3 is 2.41 bits per heavy atom. The Kier molecular flexibility index (Phi) is 4.46. The summed E-state index contributed by atoms with van der Waals surface area (Å²) in [6.45, 7) is 2.70. The zero-order chi connectivity index (χ0) is 15.6. The molecule has 22 heavy (non-hydrogen) atoms. The molecule has 1 aromatic rings. The summed E-state index contributed by atoms with van der Waals surface area (Å²) in [7, 11) is -3.40. The van der Waals surface area contributed by atoms with Crippen LogP contribution in [0.4, 0.5) is 0 Å². The van der Waals surface area contributed by atoms with Crippen molar-refractivity contribution in [2.24, 2.45) is 0 Å². The first-order valence-electron chi connectivity index (χ1n) is 7.74. The molecule has 2 fully saturated rings. The van der Waals surface area contributed by atoms with Gasteiger partial charge in [-0.1, -0.05) is 18.2 Å². The molecular weight excluding hydrogens is 302 g/mol. The molecule has 1 saturated heterocycles. The third-order valence-electron chi connectivity index (χ3n) is 4.16. The predicted molar refractivity (Wildman–Crippen MR) is 81.9 cm³/mol. The minimum absolute atomic E-state index is 0.0804. The lowest BCUT2D eigenvalue weighted by Crippen LogP contribution is -3.15. The Hall–Kier alpha value is -1.44. The van der Waals surface area contributed by atoms with Gasteiger partial charge in [0.05, 0.1) is 31.1 Å². The van der Waals surface area contributed by atoms with Gasteiger partial charge >= 0.3 is 0 Å². The molecule has 0 atom stereocenters. The number of hydrogen-bond donors (Lipinski definition) is 2. The molecule has 7 heteroatoms. The fourth-order valence-electron chi connectivity index (χ4n) is 2.69. The van der Waals surface area contributed by atoms with Crippen molar-refractivity contribution in [3.8, 4) is 0 Å². The molecule has 0 bridgehead atoms. The number of nitrogens with one attached hydrogen (secondary N) is 2. The van der Waals surface area contributed by atoms with Gasteiger partial charge < -0.3 is 10.2 Å². The maximum Gasteiger partial charge on any atom is 0.275 e. The van der Waals surface area contributed by atoms with Crippen LogP contribution in [0.2, 0.25) is 0 Å². The molecule has 0 aromatic heterocycles. The quantitative estimate of drug-likeness (QED) is 0.719. The summed E-state index contributed by atoms with van der Waals surface area (Å²) in [5.41, 5.74) is 0. The average Bonchev–Trinajstić information content (AvgIpc) is 3.32. The molecule has 0 unspecified atom stereocenters. The molecule has 1 amide bonds. The Morgan fingerprint density at radius 1 is 1.18 bits per heavy atom. The Labute approximate surface area is 131 Å². The van der Waals surface area contributed by atoms with Crippen LogP contribution >= 0.6 is 0 Å². The van der Waals surface area contributed by atoms with Crippen molar-refractivity contribution in [3.05, 3.63) is 30.3 Å². The first kappa shape index (κ1) is 15.5. The van der Waals surface area contributed by atoms with Crippen molar-refractivity contribution < 1.29 is 18.1 Å². The molecule has 0 radical (unpaired) electrons. The minimum atomic E-state index is -3.40. The van der Waals surface area contributed by atoms with E-state index in [0.717, 1.165) is 17.7 Å². The maximum absolute atomic E-state index is 12.5. The fourth-order valence-corrected chi connectivity index (χ4v) is 4.16. The summed E-state index contributed by atoms with van der Waals surface area (Å²) in [4.78, 5) is 13.3. The van der Waals surface area contributed by atoms with E-state index in [4.69, 9.17) is 0 Å². The highest BCUT2D eigenvalue weighted by molar-refractivity contribution is 7.89. The second kappa shape index (κ2) is 6.36. The molecule has 1 saturated carbocycles. The van der Waals surface area contributed by atoms with Gasteiger partial charge in [0, 0.05) is 6.04 Å². The normalized spacial score (nSPS) is 20.7. The van der Waals surface area contributed by atoms with Crippen LogP contribution in [0, 0.1) is 0 Å². The topological polar surface area (TPSA) is 70.9 Å². The van der Waals surface area contributed by atoms with Crippen molar-refractivity contribution in [3.63, 3.8) is 0 Å². The van der Waals surface area contributed by atoms with Gasteiger partial charge in [-0.3, -0.25) is 4.79 Å². The van der Waals surface area contributed by atoms with E-state index in [9.17, 15) is 13.2 Å². The number of piperazine rings is 1. The van der Waals surface area contributed by atoms with E-state index < -0.39 is 10.0 Å². The van der Waals surface area contributed by atoms with Crippen LogP contribution in [-0.4, -0.2) is 57.4 Å². The molecule has 1 aromatic carbocycles. The van der Waals surface area contributed by atoms with E-state index in [0.29, 0.717) is 43.7 Å². The monoisotopic (exact) mass is 324 g/mol. The largest absolute Gasteiger partial charge is 0.348 e. The third kappa shape index (κ3) is 3.66. The van der Waals surface area contributed by atoms with Crippen LogP contribution in [-0.2, 0) is 14.8 Å². The zero-order valence-electron chi connectivity index (χ0n) is 12.5. The molecular formula is C15H22N3O3S+. The standard InChI is InChI=1S/C15H21N3O3S/c19-15(16-13-6-7-13)12-17-8-10-18(11-9-17)22(20,21)14-4-2-1-3-5-14/h1-5,13H,6-12H2,(H,16,19)/p+1. The van der Waals surface area contributed by atoms with Crippen molar-refractivity contribution in [2.45, 2.75) is 23.8 Å². The highest BCUT2D eigenvalue weighted by Crippen LogP contribution is 2.18. The summed E-state index contributed by atoms with van der Waals surface area (Å²) in [5, 5.41) is 2.98. The van der Waals surface area contributed by atoms with Gasteiger partial charge in [0.1, 0.15) is 0 Å². The molecule has 1 heterocycles. The number of nitrogens with zero attached hydrogens (tertiary/aromatic N) is 1. The molecule has 0 spiro atoms. The number of amides is 1. The van der Waals surface area contributed by atoms with Crippen LogP contribution in [0.25, 0.3) is 0 Å². The van der Waals surface area contributed by atoms with Gasteiger partial charge in [0.2, 0.25) is 10.0 Å². The van der Waals surface area contributed by atoms with E-state index in [1.807, 2.05) is 0 Å². The smallest absolute Gasteiger partial charge is 0.275 e. The van der Waals surface area contributed by atoms with Gasteiger partial charge in [0.15, 0.2) is 6.54 Å². The van der Waals surface area contributed by atoms with Crippen molar-refractivity contribution in [1.29, 1.82) is 0 Å². The Morgan fingerprint density at radius 2 is 1.82 bits per heavy atom. The maximum atomic E-state index is 12.5. The lowest BCUT2D eigenvalue weighted by Gasteiger charge is -2.31. The summed E-state index contributed by atoms with van der Waals surface area (Å²) < 4.78 is 26.5. The van der Waals surface area contributed by atoms with Crippen molar-refractivity contribution in [1.82, 2.24) is 9.62 Å². The first-order valence-corrected chi connectivity index (χ1v) is 9.18. The van der Waals surface area contributed by atoms with Crippen LogP contribution in [0.5, 0.6) is 0 Å². The number of sulfonamides is 1. The van der Waals surface area contributed by atoms with E-state index in [-0.39, 0.29) is 5.91 Å². The number of benzene rings is 1. The second-order valence-corrected chi connectivity index (χ2v) is 7.92. The number of carbonyl (C=O) groups excluding carboxylic acids is 1. The molecule has 2 aliphatic rings. The van der Waals surface area contributed by atoms with Gasteiger partial charge in [0.25, 0.3) is 5.91 Å². The number of carbonyl (C=O) groups is 1. The Balaban J connectivity index is 1.53. The summed E-state index contributed by atoms with van der Waals surface area (Å²) in [6.07, 6.45) is 2.17. The molecule has 1 aliphatic heterocycles. The fraction of sp³-hybridized carbons (Fsp3) is 0.533. The summed E-state index contributed by atoms with van der Waals surface area (Å²) >= 11 is 0. The number of hydrogen-bond acceptors (Lipinski definition) is 3. The van der Waals surface area contributed by atoms with Crippen LogP contribution < -0.4 is 10.2 Å². The highest BCUT2D eigenvalue weighted by atomic mass is 32.2. The van der Waals surface area contributed by atoms with E-state index in [1.165, 1.54) is 4.31 Å². The summed E-state index contributed by atoms with van der Waals surface area (Å²) in [5.74, 6) is 0.0804. The third-order valence-corrected chi connectivity index (χ3v) is 6.08. The van der Waals surface area contributed by atoms with Gasteiger partial charge in [-0.25, -0.2) is 8.42 Å².